The Labute approximate surface area is 176 Å². The lowest BCUT2D eigenvalue weighted by Crippen LogP contribution is -2.62. The smallest absolute Gasteiger partial charge is 0.181 e. The van der Waals surface area contributed by atoms with E-state index in [1.807, 2.05) is 0 Å². The minimum Gasteiger partial charge on any atom is -0.393 e. The maximum atomic E-state index is 10.1. The number of rotatable bonds is 14. The summed E-state index contributed by atoms with van der Waals surface area (Å²) in [5.41, 5.74) is 12.9. The van der Waals surface area contributed by atoms with Crippen molar-refractivity contribution in [1.82, 2.24) is 0 Å². The van der Waals surface area contributed by atoms with Crippen LogP contribution in [0.3, 0.4) is 0 Å². The molecule has 0 saturated carbocycles. The SMILES string of the molecule is NCC1=C[N+](CC(O)CO)(CC(O)CO)C(CN)=C[N+]1(CC(O)CO)CC(O)CO. The van der Waals surface area contributed by atoms with Crippen molar-refractivity contribution >= 4 is 0 Å². The highest BCUT2D eigenvalue weighted by molar-refractivity contribution is 5.07. The van der Waals surface area contributed by atoms with Crippen LogP contribution in [-0.4, -0.2) is 140 Å². The van der Waals surface area contributed by atoms with E-state index < -0.39 is 50.8 Å². The average molecular weight is 439 g/mol. The van der Waals surface area contributed by atoms with E-state index in [-0.39, 0.29) is 48.2 Å². The Morgan fingerprint density at radius 3 is 0.967 bits per heavy atom. The molecule has 12 heteroatoms. The molecule has 12 N–H and O–H groups in total. The fourth-order valence-corrected chi connectivity index (χ4v) is 4.00. The Morgan fingerprint density at radius 1 is 0.567 bits per heavy atom. The highest BCUT2D eigenvalue weighted by atomic mass is 16.3. The van der Waals surface area contributed by atoms with Crippen LogP contribution in [0.25, 0.3) is 0 Å². The van der Waals surface area contributed by atoms with Gasteiger partial charge in [-0.2, -0.15) is 0 Å². The van der Waals surface area contributed by atoms with Gasteiger partial charge in [0.2, 0.25) is 0 Å². The molecule has 30 heavy (non-hydrogen) atoms. The Bertz CT molecular complexity index is 515. The summed E-state index contributed by atoms with van der Waals surface area (Å²) in [4.78, 5) is 0. The molecule has 0 aromatic heterocycles. The van der Waals surface area contributed by atoms with Crippen molar-refractivity contribution in [3.8, 4) is 0 Å². The molecule has 0 bridgehead atoms. The van der Waals surface area contributed by atoms with E-state index in [4.69, 9.17) is 11.5 Å². The van der Waals surface area contributed by atoms with Gasteiger partial charge in [0, 0.05) is 0 Å². The lowest BCUT2D eigenvalue weighted by molar-refractivity contribution is -0.907. The van der Waals surface area contributed by atoms with Crippen molar-refractivity contribution in [3.63, 3.8) is 0 Å². The predicted octanol–water partition coefficient (Wildman–Crippen LogP) is -5.35. The van der Waals surface area contributed by atoms with Crippen LogP contribution in [0.5, 0.6) is 0 Å². The number of nitrogens with zero attached hydrogens (tertiary/aromatic N) is 2. The molecule has 176 valence electrons. The lowest BCUT2D eigenvalue weighted by Gasteiger charge is -2.46. The highest BCUT2D eigenvalue weighted by Crippen LogP contribution is 2.34. The molecule has 0 amide bonds. The highest BCUT2D eigenvalue weighted by Gasteiger charge is 2.48. The zero-order chi connectivity index (χ0) is 22.9. The first kappa shape index (κ1) is 27.0. The number of aliphatic hydroxyl groups excluding tert-OH is 8. The summed E-state index contributed by atoms with van der Waals surface area (Å²) in [7, 11) is 0. The van der Waals surface area contributed by atoms with E-state index in [1.54, 1.807) is 12.4 Å². The van der Waals surface area contributed by atoms with Crippen LogP contribution >= 0.6 is 0 Å². The van der Waals surface area contributed by atoms with Gasteiger partial charge in [0.05, 0.1) is 39.5 Å². The van der Waals surface area contributed by atoms with Gasteiger partial charge >= 0.3 is 0 Å². The third-order valence-corrected chi connectivity index (χ3v) is 5.34. The van der Waals surface area contributed by atoms with Gasteiger partial charge in [-0.15, -0.1) is 0 Å². The molecular formula is C18H38N4O8+2. The molecule has 0 radical (unpaired) electrons. The monoisotopic (exact) mass is 438 g/mol. The van der Waals surface area contributed by atoms with Crippen molar-refractivity contribution in [2.45, 2.75) is 24.4 Å². The van der Waals surface area contributed by atoms with E-state index in [2.05, 4.69) is 0 Å². The molecule has 4 atom stereocenters. The summed E-state index contributed by atoms with van der Waals surface area (Å²) in [6, 6.07) is 0. The quantitative estimate of drug-likeness (QED) is 0.116. The van der Waals surface area contributed by atoms with E-state index >= 15 is 0 Å². The third kappa shape index (κ3) is 6.50. The first-order chi connectivity index (χ1) is 14.1. The van der Waals surface area contributed by atoms with Gasteiger partial charge in [-0.25, -0.2) is 0 Å². The van der Waals surface area contributed by atoms with Crippen molar-refractivity contribution in [1.29, 1.82) is 0 Å². The molecule has 1 aliphatic rings. The predicted molar refractivity (Wildman–Crippen MR) is 107 cm³/mol. The van der Waals surface area contributed by atoms with Crippen molar-refractivity contribution in [3.05, 3.63) is 23.8 Å². The molecule has 0 saturated heterocycles. The van der Waals surface area contributed by atoms with E-state index in [1.165, 1.54) is 0 Å². The number of quaternary nitrogens is 2. The molecule has 0 aromatic carbocycles. The summed E-state index contributed by atoms with van der Waals surface area (Å²) in [5.74, 6) is 0. The van der Waals surface area contributed by atoms with Gasteiger partial charge in [0.15, 0.2) is 23.8 Å². The number of hydrogen-bond acceptors (Lipinski definition) is 10. The molecular weight excluding hydrogens is 400 g/mol. The molecule has 4 unspecified atom stereocenters. The molecule has 12 nitrogen and oxygen atoms in total. The lowest BCUT2D eigenvalue weighted by atomic mass is 10.1. The van der Waals surface area contributed by atoms with Crippen LogP contribution in [-0.2, 0) is 0 Å². The van der Waals surface area contributed by atoms with Gasteiger partial charge in [-0.05, 0) is 0 Å². The summed E-state index contributed by atoms with van der Waals surface area (Å²) >= 11 is 0. The standard InChI is InChI=1S/C18H38N4O8/c19-1-13-3-22(7-17(29)11-25,8-18(30)12-26)14(2-20)4-21(13,5-15(27)9-23)6-16(28)10-24/h3-4,15-18,23-30H,1-2,5-12,19-20H2/q+2. The first-order valence-electron chi connectivity index (χ1n) is 9.89. The average Bonchev–Trinajstić information content (AvgIpc) is 2.74. The van der Waals surface area contributed by atoms with Crippen molar-refractivity contribution in [2.75, 3.05) is 65.7 Å². The number of nitrogens with two attached hydrogens (primary N) is 2. The topological polar surface area (TPSA) is 214 Å². The molecule has 1 aliphatic heterocycles. The second-order valence-electron chi connectivity index (χ2n) is 7.79. The minimum absolute atomic E-state index is 0.0465. The number of hydrogen-bond donors (Lipinski definition) is 10. The summed E-state index contributed by atoms with van der Waals surface area (Å²) in [6.07, 6.45) is -1.37. The van der Waals surface area contributed by atoms with E-state index in [9.17, 15) is 40.9 Å². The van der Waals surface area contributed by atoms with Crippen LogP contribution in [0.15, 0.2) is 23.8 Å². The molecule has 0 aromatic rings. The molecule has 0 aliphatic carbocycles. The fourth-order valence-electron chi connectivity index (χ4n) is 4.00. The molecule has 1 heterocycles. The van der Waals surface area contributed by atoms with E-state index in [0.717, 1.165) is 0 Å². The zero-order valence-corrected chi connectivity index (χ0v) is 17.2. The molecule has 0 spiro atoms. The summed E-state index contributed by atoms with van der Waals surface area (Å²) in [5, 5.41) is 78.0. The van der Waals surface area contributed by atoms with Crippen LogP contribution in [0.4, 0.5) is 0 Å². The minimum atomic E-state index is -1.16. The maximum Gasteiger partial charge on any atom is 0.181 e. The van der Waals surface area contributed by atoms with E-state index in [0.29, 0.717) is 11.4 Å². The Morgan fingerprint density at radius 2 is 0.800 bits per heavy atom. The molecule has 0 fully saturated rings. The summed E-state index contributed by atoms with van der Waals surface area (Å²) in [6.45, 7) is -2.50. The Balaban J connectivity index is 3.63. The second kappa shape index (κ2) is 12.1. The Hall–Kier alpha value is -1.00. The fraction of sp³-hybridized carbons (Fsp3) is 0.778. The van der Waals surface area contributed by atoms with Crippen LogP contribution in [0, 0.1) is 0 Å². The normalized spacial score (nSPS) is 28.5. The van der Waals surface area contributed by atoms with Crippen LogP contribution in [0.1, 0.15) is 0 Å². The number of aliphatic hydroxyl groups is 8. The Kier molecular flexibility index (Phi) is 10.9. The zero-order valence-electron chi connectivity index (χ0n) is 17.2. The van der Waals surface area contributed by atoms with Gasteiger partial charge in [0.25, 0.3) is 0 Å². The largest absolute Gasteiger partial charge is 0.393 e. The first-order valence-corrected chi connectivity index (χ1v) is 9.89. The van der Waals surface area contributed by atoms with Gasteiger partial charge < -0.3 is 52.3 Å². The third-order valence-electron chi connectivity index (χ3n) is 5.34. The van der Waals surface area contributed by atoms with Gasteiger partial charge in [-0.1, -0.05) is 0 Å². The van der Waals surface area contributed by atoms with Crippen molar-refractivity contribution in [2.24, 2.45) is 11.5 Å². The van der Waals surface area contributed by atoms with Crippen LogP contribution in [0.2, 0.25) is 0 Å². The van der Waals surface area contributed by atoms with Crippen LogP contribution < -0.4 is 11.5 Å². The molecule has 1 rings (SSSR count). The van der Waals surface area contributed by atoms with Gasteiger partial charge in [-0.3, -0.25) is 8.97 Å². The van der Waals surface area contributed by atoms with Gasteiger partial charge in [0.1, 0.15) is 50.6 Å². The summed E-state index contributed by atoms with van der Waals surface area (Å²) < 4.78 is -0.395. The maximum absolute atomic E-state index is 10.1. The van der Waals surface area contributed by atoms with Crippen molar-refractivity contribution < 1.29 is 49.8 Å². The second-order valence-corrected chi connectivity index (χ2v) is 7.79.